The van der Waals surface area contributed by atoms with E-state index in [9.17, 15) is 22.4 Å². The fourth-order valence-electron chi connectivity index (χ4n) is 4.46. The molecule has 1 atom stereocenters. The van der Waals surface area contributed by atoms with E-state index in [1.807, 2.05) is 37.3 Å². The van der Waals surface area contributed by atoms with Crippen LogP contribution in [0.4, 0.5) is 10.1 Å². The van der Waals surface area contributed by atoms with Crippen LogP contribution < -0.4 is 9.62 Å². The fraction of sp³-hybridized carbons (Fsp3) is 0.355. The lowest BCUT2D eigenvalue weighted by atomic mass is 10.0. The normalized spacial score (nSPS) is 12.0. The van der Waals surface area contributed by atoms with Gasteiger partial charge in [-0.15, -0.1) is 0 Å². The van der Waals surface area contributed by atoms with Crippen molar-refractivity contribution in [2.75, 3.05) is 23.7 Å². The second-order valence-electron chi connectivity index (χ2n) is 9.91. The van der Waals surface area contributed by atoms with Crippen molar-refractivity contribution in [2.24, 2.45) is 0 Å². The number of halogens is 2. The first-order valence-electron chi connectivity index (χ1n) is 13.7. The van der Waals surface area contributed by atoms with Crippen molar-refractivity contribution in [3.8, 4) is 0 Å². The summed E-state index contributed by atoms with van der Waals surface area (Å²) in [6.07, 6.45) is 3.36. The Balaban J connectivity index is 1.86. The highest BCUT2D eigenvalue weighted by molar-refractivity contribution is 7.92. The van der Waals surface area contributed by atoms with Crippen molar-refractivity contribution < 1.29 is 22.4 Å². The maximum Gasteiger partial charge on any atom is 0.243 e. The molecule has 0 saturated carbocycles. The van der Waals surface area contributed by atoms with Crippen LogP contribution in [-0.2, 0) is 32.6 Å². The van der Waals surface area contributed by atoms with E-state index in [0.29, 0.717) is 29.2 Å². The number of amides is 2. The van der Waals surface area contributed by atoms with Gasteiger partial charge in [-0.05, 0) is 60.4 Å². The molecule has 0 spiro atoms. The largest absolute Gasteiger partial charge is 0.354 e. The van der Waals surface area contributed by atoms with Crippen molar-refractivity contribution in [3.05, 3.63) is 101 Å². The van der Waals surface area contributed by atoms with Gasteiger partial charge in [-0.3, -0.25) is 13.9 Å². The smallest absolute Gasteiger partial charge is 0.243 e. The number of rotatable bonds is 15. The van der Waals surface area contributed by atoms with Gasteiger partial charge in [0.15, 0.2) is 0 Å². The Morgan fingerprint density at radius 3 is 2.20 bits per heavy atom. The summed E-state index contributed by atoms with van der Waals surface area (Å²) in [6.45, 7) is 2.69. The third-order valence-corrected chi connectivity index (χ3v) is 8.08. The topological polar surface area (TPSA) is 86.8 Å². The minimum absolute atomic E-state index is 0.00827. The highest BCUT2D eigenvalue weighted by Gasteiger charge is 2.30. The molecule has 0 saturated heterocycles. The average Bonchev–Trinajstić information content (AvgIpc) is 2.94. The number of nitrogens with one attached hydrogen (secondary N) is 1. The van der Waals surface area contributed by atoms with Gasteiger partial charge >= 0.3 is 0 Å². The van der Waals surface area contributed by atoms with Crippen LogP contribution in [0.2, 0.25) is 5.02 Å². The molecule has 7 nitrogen and oxygen atoms in total. The molecule has 41 heavy (non-hydrogen) atoms. The quantitative estimate of drug-likeness (QED) is 0.230. The van der Waals surface area contributed by atoms with E-state index in [2.05, 4.69) is 5.32 Å². The van der Waals surface area contributed by atoms with Crippen molar-refractivity contribution in [3.63, 3.8) is 0 Å². The SMILES string of the molecule is CCCCNC(=O)C(Cc1ccccc1)N(Cc1ccc(F)cc1)C(=O)CCCN(c1ccc(Cl)cc1)S(C)(=O)=O. The van der Waals surface area contributed by atoms with E-state index in [-0.39, 0.29) is 37.7 Å². The second-order valence-corrected chi connectivity index (χ2v) is 12.3. The summed E-state index contributed by atoms with van der Waals surface area (Å²) in [5.41, 5.74) is 2.02. The summed E-state index contributed by atoms with van der Waals surface area (Å²) in [5, 5.41) is 3.45. The molecule has 0 aliphatic rings. The molecule has 10 heteroatoms. The van der Waals surface area contributed by atoms with E-state index >= 15 is 0 Å². The first-order chi connectivity index (χ1) is 19.6. The van der Waals surface area contributed by atoms with Crippen molar-refractivity contribution >= 4 is 39.1 Å². The number of anilines is 1. The summed E-state index contributed by atoms with van der Waals surface area (Å²) >= 11 is 5.97. The number of hydrogen-bond acceptors (Lipinski definition) is 4. The maximum absolute atomic E-state index is 13.8. The number of nitrogens with zero attached hydrogens (tertiary/aromatic N) is 2. The molecule has 0 fully saturated rings. The highest BCUT2D eigenvalue weighted by atomic mass is 35.5. The molecular weight excluding hydrogens is 565 g/mol. The molecule has 1 N–H and O–H groups in total. The van der Waals surface area contributed by atoms with Crippen LogP contribution in [0.25, 0.3) is 0 Å². The summed E-state index contributed by atoms with van der Waals surface area (Å²) in [6, 6.07) is 20.9. The average molecular weight is 602 g/mol. The van der Waals surface area contributed by atoms with Gasteiger partial charge in [0.05, 0.1) is 11.9 Å². The predicted molar refractivity (Wildman–Crippen MR) is 162 cm³/mol. The standard InChI is InChI=1S/C31H37ClFN3O4S/c1-3-4-20-34-31(38)29(22-24-9-6-5-7-10-24)35(23-25-12-16-27(33)17-13-25)30(37)11-8-21-36(41(2,39)40)28-18-14-26(32)15-19-28/h5-7,9-10,12-19,29H,3-4,8,11,20-23H2,1-2H3,(H,34,38). The predicted octanol–water partition coefficient (Wildman–Crippen LogP) is 5.58. The molecule has 0 heterocycles. The Bertz CT molecular complexity index is 1370. The zero-order valence-electron chi connectivity index (χ0n) is 23.4. The van der Waals surface area contributed by atoms with Crippen LogP contribution in [0.1, 0.15) is 43.7 Å². The molecule has 0 bridgehead atoms. The van der Waals surface area contributed by atoms with Gasteiger partial charge in [0, 0.05) is 37.5 Å². The van der Waals surface area contributed by atoms with Gasteiger partial charge in [0.2, 0.25) is 21.8 Å². The van der Waals surface area contributed by atoms with Crippen LogP contribution in [0.15, 0.2) is 78.9 Å². The molecule has 0 aliphatic heterocycles. The van der Waals surface area contributed by atoms with Crippen molar-refractivity contribution in [1.29, 1.82) is 0 Å². The molecular formula is C31H37ClFN3O4S. The summed E-state index contributed by atoms with van der Waals surface area (Å²) in [5.74, 6) is -0.963. The van der Waals surface area contributed by atoms with Crippen LogP contribution in [0, 0.1) is 5.82 Å². The lowest BCUT2D eigenvalue weighted by molar-refractivity contribution is -0.141. The molecule has 2 amide bonds. The molecule has 220 valence electrons. The molecule has 3 rings (SSSR count). The van der Waals surface area contributed by atoms with Gasteiger partial charge in [0.25, 0.3) is 0 Å². The Morgan fingerprint density at radius 1 is 0.927 bits per heavy atom. The molecule has 1 unspecified atom stereocenters. The maximum atomic E-state index is 13.8. The van der Waals surface area contributed by atoms with E-state index in [4.69, 9.17) is 11.6 Å². The first kappa shape index (κ1) is 32.1. The van der Waals surface area contributed by atoms with E-state index in [1.165, 1.54) is 21.3 Å². The molecule has 0 radical (unpaired) electrons. The van der Waals surface area contributed by atoms with Crippen molar-refractivity contribution in [2.45, 2.75) is 51.6 Å². The summed E-state index contributed by atoms with van der Waals surface area (Å²) < 4.78 is 39.9. The minimum Gasteiger partial charge on any atom is -0.354 e. The molecule has 0 aliphatic carbocycles. The van der Waals surface area contributed by atoms with Gasteiger partial charge in [0.1, 0.15) is 11.9 Å². The Morgan fingerprint density at radius 2 is 1.59 bits per heavy atom. The van der Waals surface area contributed by atoms with E-state index < -0.39 is 21.9 Å². The van der Waals surface area contributed by atoms with Gasteiger partial charge in [-0.25, -0.2) is 12.8 Å². The number of hydrogen-bond donors (Lipinski definition) is 1. The van der Waals surface area contributed by atoms with Gasteiger partial charge in [-0.1, -0.05) is 67.4 Å². The summed E-state index contributed by atoms with van der Waals surface area (Å²) in [7, 11) is -3.62. The van der Waals surface area contributed by atoms with Crippen molar-refractivity contribution in [1.82, 2.24) is 10.2 Å². The first-order valence-corrected chi connectivity index (χ1v) is 15.9. The molecule has 3 aromatic rings. The van der Waals surface area contributed by atoms with Crippen LogP contribution in [-0.4, -0.2) is 50.5 Å². The zero-order chi connectivity index (χ0) is 29.8. The van der Waals surface area contributed by atoms with Crippen LogP contribution in [0.3, 0.4) is 0 Å². The monoisotopic (exact) mass is 601 g/mol. The number of unbranched alkanes of at least 4 members (excludes halogenated alkanes) is 1. The Kier molecular flexibility index (Phi) is 12.2. The highest BCUT2D eigenvalue weighted by Crippen LogP contribution is 2.22. The third-order valence-electron chi connectivity index (χ3n) is 6.63. The third kappa shape index (κ3) is 10.2. The minimum atomic E-state index is -3.62. The van der Waals surface area contributed by atoms with Crippen LogP contribution >= 0.6 is 11.6 Å². The number of sulfonamides is 1. The molecule has 3 aromatic carbocycles. The number of benzene rings is 3. The van der Waals surface area contributed by atoms with Gasteiger partial charge in [-0.2, -0.15) is 0 Å². The summed E-state index contributed by atoms with van der Waals surface area (Å²) in [4.78, 5) is 28.8. The van der Waals surface area contributed by atoms with Crippen LogP contribution in [0.5, 0.6) is 0 Å². The number of carbonyl (C=O) groups is 2. The second kappa shape index (κ2) is 15.5. The van der Waals surface area contributed by atoms with E-state index in [0.717, 1.165) is 24.7 Å². The Hall–Kier alpha value is -3.43. The lowest BCUT2D eigenvalue weighted by Gasteiger charge is -2.32. The zero-order valence-corrected chi connectivity index (χ0v) is 25.0. The lowest BCUT2D eigenvalue weighted by Crippen LogP contribution is -2.50. The van der Waals surface area contributed by atoms with Gasteiger partial charge < -0.3 is 10.2 Å². The Labute approximate surface area is 247 Å². The fourth-order valence-corrected chi connectivity index (χ4v) is 5.55. The van der Waals surface area contributed by atoms with E-state index in [1.54, 1.807) is 36.4 Å². The number of carbonyl (C=O) groups excluding carboxylic acids is 2. The molecule has 0 aromatic heterocycles.